The number of thioether (sulfide) groups is 1. The number of hydrogen-bond acceptors (Lipinski definition) is 3. The van der Waals surface area contributed by atoms with E-state index in [0.717, 1.165) is 4.90 Å². The number of hydrogen-bond donors (Lipinski definition) is 2. The monoisotopic (exact) mass is 255 g/mol. The third-order valence-electron chi connectivity index (χ3n) is 2.82. The van der Waals surface area contributed by atoms with Crippen LogP contribution in [0.2, 0.25) is 0 Å². The lowest BCUT2D eigenvalue weighted by molar-refractivity contribution is -0.141. The maximum Gasteiger partial charge on any atom is 0.256 e. The number of carbonyl (C=O) groups excluding carboxylic acids is 1. The van der Waals surface area contributed by atoms with Gasteiger partial charge in [0.25, 0.3) is 5.91 Å². The molecule has 0 spiro atoms. The van der Waals surface area contributed by atoms with Gasteiger partial charge in [-0.3, -0.25) is 4.79 Å². The van der Waals surface area contributed by atoms with Crippen LogP contribution in [0.3, 0.4) is 0 Å². The van der Waals surface area contributed by atoms with E-state index in [0.29, 0.717) is 24.3 Å². The first-order valence-corrected chi connectivity index (χ1v) is 6.50. The second-order valence-electron chi connectivity index (χ2n) is 3.96. The molecule has 17 heavy (non-hydrogen) atoms. The summed E-state index contributed by atoms with van der Waals surface area (Å²) in [7, 11) is 0. The van der Waals surface area contributed by atoms with Crippen LogP contribution >= 0.6 is 11.8 Å². The normalized spacial score (nSPS) is 23.0. The van der Waals surface area contributed by atoms with Gasteiger partial charge in [-0.25, -0.2) is 4.39 Å². The predicted molar refractivity (Wildman–Crippen MR) is 64.3 cm³/mol. The standard InChI is InChI=1S/C12H14FNO2S/c1-2-14-11(15)12(16)5-6-17-10-4-3-8(13)7-9(10)12/h3-4,7,16H,2,5-6H2,1H3,(H,14,15). The van der Waals surface area contributed by atoms with E-state index in [9.17, 15) is 14.3 Å². The molecule has 1 heterocycles. The van der Waals surface area contributed by atoms with Gasteiger partial charge in [-0.1, -0.05) is 0 Å². The molecule has 0 bridgehead atoms. The molecule has 0 fully saturated rings. The first-order chi connectivity index (χ1) is 8.08. The Bertz CT molecular complexity index is 452. The Labute approximate surface area is 103 Å². The maximum atomic E-state index is 13.2. The number of benzene rings is 1. The minimum absolute atomic E-state index is 0.306. The molecule has 1 atom stereocenters. The third kappa shape index (κ3) is 2.17. The summed E-state index contributed by atoms with van der Waals surface area (Å²) >= 11 is 1.53. The molecule has 2 rings (SSSR count). The van der Waals surface area contributed by atoms with Crippen LogP contribution in [0.1, 0.15) is 18.9 Å². The number of nitrogens with one attached hydrogen (secondary N) is 1. The molecule has 0 aliphatic carbocycles. The van der Waals surface area contributed by atoms with E-state index in [-0.39, 0.29) is 0 Å². The molecular formula is C12H14FNO2S. The molecule has 0 radical (unpaired) electrons. The zero-order chi connectivity index (χ0) is 12.5. The Hall–Kier alpha value is -1.07. The lowest BCUT2D eigenvalue weighted by Gasteiger charge is -2.32. The number of halogens is 1. The topological polar surface area (TPSA) is 49.3 Å². The van der Waals surface area contributed by atoms with Crippen LogP contribution in [0.15, 0.2) is 23.1 Å². The summed E-state index contributed by atoms with van der Waals surface area (Å²) in [6.45, 7) is 2.23. The van der Waals surface area contributed by atoms with Gasteiger partial charge in [0.15, 0.2) is 5.60 Å². The predicted octanol–water partition coefficient (Wildman–Crippen LogP) is 1.65. The van der Waals surface area contributed by atoms with E-state index in [1.807, 2.05) is 0 Å². The van der Waals surface area contributed by atoms with E-state index >= 15 is 0 Å². The molecule has 0 saturated carbocycles. The van der Waals surface area contributed by atoms with Crippen LogP contribution in [0.4, 0.5) is 4.39 Å². The van der Waals surface area contributed by atoms with E-state index < -0.39 is 17.3 Å². The summed E-state index contributed by atoms with van der Waals surface area (Å²) in [4.78, 5) is 12.7. The molecule has 1 aliphatic rings. The average Bonchev–Trinajstić information content (AvgIpc) is 2.31. The minimum atomic E-state index is -1.60. The van der Waals surface area contributed by atoms with Crippen molar-refractivity contribution in [1.82, 2.24) is 5.32 Å². The van der Waals surface area contributed by atoms with Crippen molar-refractivity contribution < 1.29 is 14.3 Å². The van der Waals surface area contributed by atoms with Crippen molar-refractivity contribution in [3.05, 3.63) is 29.6 Å². The lowest BCUT2D eigenvalue weighted by Crippen LogP contribution is -2.46. The van der Waals surface area contributed by atoms with Crippen LogP contribution in [0.5, 0.6) is 0 Å². The fourth-order valence-electron chi connectivity index (χ4n) is 1.94. The van der Waals surface area contributed by atoms with Crippen molar-refractivity contribution in [3.63, 3.8) is 0 Å². The van der Waals surface area contributed by atoms with Crippen LogP contribution in [-0.2, 0) is 10.4 Å². The number of rotatable bonds is 2. The summed E-state index contributed by atoms with van der Waals surface area (Å²) in [6, 6.07) is 4.20. The fourth-order valence-corrected chi connectivity index (χ4v) is 3.10. The first-order valence-electron chi connectivity index (χ1n) is 5.51. The highest BCUT2D eigenvalue weighted by Gasteiger charge is 2.41. The molecule has 2 N–H and O–H groups in total. The van der Waals surface area contributed by atoms with Gasteiger partial charge in [-0.2, -0.15) is 0 Å². The zero-order valence-electron chi connectivity index (χ0n) is 9.50. The number of likely N-dealkylation sites (N-methyl/N-ethyl adjacent to an activating group) is 1. The Kier molecular flexibility index (Phi) is 3.40. The highest BCUT2D eigenvalue weighted by atomic mass is 32.2. The Morgan fingerprint density at radius 3 is 3.12 bits per heavy atom. The second-order valence-corrected chi connectivity index (χ2v) is 5.10. The van der Waals surface area contributed by atoms with Gasteiger partial charge in [-0.05, 0) is 31.5 Å². The molecule has 3 nitrogen and oxygen atoms in total. The van der Waals surface area contributed by atoms with E-state index in [2.05, 4.69) is 5.32 Å². The summed E-state index contributed by atoms with van der Waals surface area (Å²) in [5, 5.41) is 13.1. The number of amides is 1. The van der Waals surface area contributed by atoms with Gasteiger partial charge in [0.1, 0.15) is 5.82 Å². The molecule has 1 amide bonds. The molecule has 1 aliphatic heterocycles. The Morgan fingerprint density at radius 2 is 2.41 bits per heavy atom. The first kappa shape index (κ1) is 12.4. The van der Waals surface area contributed by atoms with Gasteiger partial charge < -0.3 is 10.4 Å². The van der Waals surface area contributed by atoms with Crippen LogP contribution in [-0.4, -0.2) is 23.3 Å². The summed E-state index contributed by atoms with van der Waals surface area (Å²) in [5.74, 6) is -0.243. The Morgan fingerprint density at radius 1 is 1.65 bits per heavy atom. The van der Waals surface area contributed by atoms with Crippen LogP contribution in [0.25, 0.3) is 0 Å². The quantitative estimate of drug-likeness (QED) is 0.844. The van der Waals surface area contributed by atoms with Crippen LogP contribution in [0, 0.1) is 5.82 Å². The molecule has 0 aromatic heterocycles. The summed E-state index contributed by atoms with van der Waals surface area (Å²) in [6.07, 6.45) is 0.306. The van der Waals surface area contributed by atoms with Crippen molar-refractivity contribution in [1.29, 1.82) is 0 Å². The molecule has 0 saturated heterocycles. The second kappa shape index (κ2) is 4.66. The molecule has 5 heteroatoms. The van der Waals surface area contributed by atoms with Crippen molar-refractivity contribution in [2.24, 2.45) is 0 Å². The largest absolute Gasteiger partial charge is 0.375 e. The molecule has 1 unspecified atom stereocenters. The van der Waals surface area contributed by atoms with E-state index in [1.165, 1.54) is 23.9 Å². The summed E-state index contributed by atoms with van der Waals surface area (Å²) in [5.41, 5.74) is -1.22. The molecule has 92 valence electrons. The van der Waals surface area contributed by atoms with E-state index in [1.54, 1.807) is 13.0 Å². The maximum absolute atomic E-state index is 13.2. The van der Waals surface area contributed by atoms with Gasteiger partial charge in [0, 0.05) is 22.8 Å². The number of fused-ring (bicyclic) bond motifs is 1. The van der Waals surface area contributed by atoms with Gasteiger partial charge in [-0.15, -0.1) is 11.8 Å². The lowest BCUT2D eigenvalue weighted by atomic mass is 9.89. The van der Waals surface area contributed by atoms with Gasteiger partial charge >= 0.3 is 0 Å². The summed E-state index contributed by atoms with van der Waals surface area (Å²) < 4.78 is 13.2. The van der Waals surface area contributed by atoms with E-state index in [4.69, 9.17) is 0 Å². The number of carbonyl (C=O) groups is 1. The minimum Gasteiger partial charge on any atom is -0.375 e. The van der Waals surface area contributed by atoms with Crippen molar-refractivity contribution in [2.45, 2.75) is 23.8 Å². The molecule has 1 aromatic rings. The van der Waals surface area contributed by atoms with Crippen LogP contribution < -0.4 is 5.32 Å². The Balaban J connectivity index is 2.45. The van der Waals surface area contributed by atoms with Crippen molar-refractivity contribution >= 4 is 17.7 Å². The van der Waals surface area contributed by atoms with Gasteiger partial charge in [0.2, 0.25) is 0 Å². The zero-order valence-corrected chi connectivity index (χ0v) is 10.3. The van der Waals surface area contributed by atoms with Crippen molar-refractivity contribution in [2.75, 3.05) is 12.3 Å². The third-order valence-corrected chi connectivity index (χ3v) is 3.90. The van der Waals surface area contributed by atoms with Crippen molar-refractivity contribution in [3.8, 4) is 0 Å². The smallest absolute Gasteiger partial charge is 0.256 e. The highest BCUT2D eigenvalue weighted by Crippen LogP contribution is 2.40. The van der Waals surface area contributed by atoms with Gasteiger partial charge in [0.05, 0.1) is 0 Å². The highest BCUT2D eigenvalue weighted by molar-refractivity contribution is 7.99. The molecular weight excluding hydrogens is 241 g/mol. The number of aliphatic hydroxyl groups is 1. The average molecular weight is 255 g/mol. The SMILES string of the molecule is CCNC(=O)C1(O)CCSc2ccc(F)cc21. The fraction of sp³-hybridized carbons (Fsp3) is 0.417. The molecule has 1 aromatic carbocycles.